The Hall–Kier alpha value is -2.82. The van der Waals surface area contributed by atoms with Crippen LogP contribution in [0.4, 0.5) is 5.69 Å². The highest BCUT2D eigenvalue weighted by atomic mass is 16.5. The molecule has 0 radical (unpaired) electrons. The highest BCUT2D eigenvalue weighted by Crippen LogP contribution is 2.23. The molecule has 22 heavy (non-hydrogen) atoms. The number of carbonyl (C=O) groups is 1. The maximum atomic E-state index is 12.1. The summed E-state index contributed by atoms with van der Waals surface area (Å²) in [6, 6.07) is 14.2. The Labute approximate surface area is 129 Å². The summed E-state index contributed by atoms with van der Waals surface area (Å²) in [7, 11) is 4.45. The Morgan fingerprint density at radius 3 is 2.18 bits per heavy atom. The van der Waals surface area contributed by atoms with Crippen molar-refractivity contribution in [2.24, 2.45) is 4.99 Å². The van der Waals surface area contributed by atoms with Crippen LogP contribution in [0.1, 0.15) is 5.56 Å². The van der Waals surface area contributed by atoms with Gasteiger partial charge in [-0.15, -0.1) is 0 Å². The SMILES string of the molecule is COC(=O)C(=Nc1ccc(OC)cc1)c1ccccc1OC. The average molecular weight is 299 g/mol. The van der Waals surface area contributed by atoms with Gasteiger partial charge in [-0.1, -0.05) is 12.1 Å². The predicted molar refractivity (Wildman–Crippen MR) is 84.2 cm³/mol. The molecular weight excluding hydrogens is 282 g/mol. The fraction of sp³-hybridized carbons (Fsp3) is 0.176. The molecule has 0 saturated carbocycles. The van der Waals surface area contributed by atoms with Gasteiger partial charge in [0.15, 0.2) is 5.71 Å². The quantitative estimate of drug-likeness (QED) is 0.629. The molecule has 0 bridgehead atoms. The summed E-state index contributed by atoms with van der Waals surface area (Å²) in [6.07, 6.45) is 0. The van der Waals surface area contributed by atoms with E-state index in [1.807, 2.05) is 12.1 Å². The van der Waals surface area contributed by atoms with Crippen LogP contribution in [0.3, 0.4) is 0 Å². The van der Waals surface area contributed by atoms with Crippen LogP contribution in [0.15, 0.2) is 53.5 Å². The van der Waals surface area contributed by atoms with Gasteiger partial charge >= 0.3 is 5.97 Å². The monoisotopic (exact) mass is 299 g/mol. The molecule has 2 aromatic rings. The van der Waals surface area contributed by atoms with E-state index in [0.717, 1.165) is 5.75 Å². The number of aliphatic imine (C=N–C) groups is 1. The zero-order valence-electron chi connectivity index (χ0n) is 12.7. The molecule has 0 N–H and O–H groups in total. The number of rotatable bonds is 5. The number of carbonyl (C=O) groups excluding carboxylic acids is 1. The number of para-hydroxylation sites is 1. The van der Waals surface area contributed by atoms with Crippen molar-refractivity contribution in [2.75, 3.05) is 21.3 Å². The van der Waals surface area contributed by atoms with E-state index >= 15 is 0 Å². The number of nitrogens with zero attached hydrogens (tertiary/aromatic N) is 1. The van der Waals surface area contributed by atoms with Gasteiger partial charge in [0, 0.05) is 5.56 Å². The lowest BCUT2D eigenvalue weighted by molar-refractivity contribution is -0.132. The Kier molecular flexibility index (Phi) is 5.14. The van der Waals surface area contributed by atoms with Crippen molar-refractivity contribution in [1.82, 2.24) is 0 Å². The van der Waals surface area contributed by atoms with Crippen molar-refractivity contribution in [1.29, 1.82) is 0 Å². The summed E-state index contributed by atoms with van der Waals surface area (Å²) >= 11 is 0. The van der Waals surface area contributed by atoms with E-state index in [2.05, 4.69) is 4.99 Å². The minimum atomic E-state index is -0.527. The van der Waals surface area contributed by atoms with Crippen LogP contribution in [0.2, 0.25) is 0 Å². The molecule has 0 fully saturated rings. The molecule has 5 heteroatoms. The third-order valence-electron chi connectivity index (χ3n) is 3.05. The molecule has 5 nitrogen and oxygen atoms in total. The topological polar surface area (TPSA) is 57.1 Å². The molecule has 0 spiro atoms. The molecule has 0 saturated heterocycles. The fourth-order valence-electron chi connectivity index (χ4n) is 1.94. The number of hydrogen-bond acceptors (Lipinski definition) is 5. The zero-order valence-corrected chi connectivity index (χ0v) is 12.7. The van der Waals surface area contributed by atoms with E-state index in [4.69, 9.17) is 14.2 Å². The van der Waals surface area contributed by atoms with Gasteiger partial charge in [0.2, 0.25) is 0 Å². The second-order valence-corrected chi connectivity index (χ2v) is 4.35. The van der Waals surface area contributed by atoms with Gasteiger partial charge in [-0.3, -0.25) is 0 Å². The van der Waals surface area contributed by atoms with Crippen LogP contribution in [0, 0.1) is 0 Å². The molecular formula is C17H17NO4. The van der Waals surface area contributed by atoms with E-state index in [1.165, 1.54) is 7.11 Å². The maximum absolute atomic E-state index is 12.1. The fourth-order valence-corrected chi connectivity index (χ4v) is 1.94. The highest BCUT2D eigenvalue weighted by Gasteiger charge is 2.18. The third kappa shape index (κ3) is 3.44. The van der Waals surface area contributed by atoms with Gasteiger partial charge in [0.1, 0.15) is 11.5 Å². The number of hydrogen-bond donors (Lipinski definition) is 0. The van der Waals surface area contributed by atoms with E-state index < -0.39 is 5.97 Å². The Morgan fingerprint density at radius 1 is 0.909 bits per heavy atom. The predicted octanol–water partition coefficient (Wildman–Crippen LogP) is 3.00. The minimum absolute atomic E-state index is 0.185. The molecule has 0 unspecified atom stereocenters. The third-order valence-corrected chi connectivity index (χ3v) is 3.05. The van der Waals surface area contributed by atoms with Crippen LogP contribution in [0.5, 0.6) is 11.5 Å². The Morgan fingerprint density at radius 2 is 1.59 bits per heavy atom. The van der Waals surface area contributed by atoms with Gasteiger partial charge < -0.3 is 14.2 Å². The van der Waals surface area contributed by atoms with Crippen LogP contribution < -0.4 is 9.47 Å². The molecule has 2 rings (SSSR count). The summed E-state index contributed by atoms with van der Waals surface area (Å²) < 4.78 is 15.2. The molecule has 0 atom stereocenters. The van der Waals surface area contributed by atoms with Crippen molar-refractivity contribution in [2.45, 2.75) is 0 Å². The summed E-state index contributed by atoms with van der Waals surface area (Å²) in [5.74, 6) is 0.747. The summed E-state index contributed by atoms with van der Waals surface area (Å²) in [4.78, 5) is 16.5. The summed E-state index contributed by atoms with van der Waals surface area (Å²) in [5, 5.41) is 0. The number of esters is 1. The molecule has 0 amide bonds. The largest absolute Gasteiger partial charge is 0.497 e. The van der Waals surface area contributed by atoms with Crippen LogP contribution in [0.25, 0.3) is 0 Å². The molecule has 0 aliphatic heterocycles. The van der Waals surface area contributed by atoms with Gasteiger partial charge in [0.05, 0.1) is 27.0 Å². The van der Waals surface area contributed by atoms with Gasteiger partial charge in [-0.05, 0) is 36.4 Å². The zero-order chi connectivity index (χ0) is 15.9. The summed E-state index contributed by atoms with van der Waals surface area (Å²) in [6.45, 7) is 0. The van der Waals surface area contributed by atoms with Crippen molar-refractivity contribution >= 4 is 17.4 Å². The molecule has 0 heterocycles. The van der Waals surface area contributed by atoms with Crippen molar-refractivity contribution < 1.29 is 19.0 Å². The van der Waals surface area contributed by atoms with E-state index in [-0.39, 0.29) is 5.71 Å². The maximum Gasteiger partial charge on any atom is 0.357 e. The average Bonchev–Trinajstić information content (AvgIpc) is 2.59. The van der Waals surface area contributed by atoms with Gasteiger partial charge in [-0.25, -0.2) is 9.79 Å². The normalized spacial score (nSPS) is 11.0. The Balaban J connectivity index is 2.49. The lowest BCUT2D eigenvalue weighted by atomic mass is 10.1. The molecule has 114 valence electrons. The molecule has 0 aliphatic rings. The van der Waals surface area contributed by atoms with Gasteiger partial charge in [-0.2, -0.15) is 0 Å². The second-order valence-electron chi connectivity index (χ2n) is 4.35. The van der Waals surface area contributed by atoms with E-state index in [1.54, 1.807) is 50.6 Å². The molecule has 2 aromatic carbocycles. The smallest absolute Gasteiger partial charge is 0.357 e. The van der Waals surface area contributed by atoms with E-state index in [9.17, 15) is 4.79 Å². The van der Waals surface area contributed by atoms with Crippen molar-refractivity contribution in [3.63, 3.8) is 0 Å². The van der Waals surface area contributed by atoms with Gasteiger partial charge in [0.25, 0.3) is 0 Å². The van der Waals surface area contributed by atoms with E-state index in [0.29, 0.717) is 17.0 Å². The van der Waals surface area contributed by atoms with Crippen molar-refractivity contribution in [3.8, 4) is 11.5 Å². The number of benzene rings is 2. The van der Waals surface area contributed by atoms with Crippen LogP contribution >= 0.6 is 0 Å². The van der Waals surface area contributed by atoms with Crippen LogP contribution in [-0.2, 0) is 9.53 Å². The second kappa shape index (κ2) is 7.26. The first-order chi connectivity index (χ1) is 10.7. The molecule has 0 aliphatic carbocycles. The lowest BCUT2D eigenvalue weighted by Crippen LogP contribution is -2.17. The lowest BCUT2D eigenvalue weighted by Gasteiger charge is -2.10. The molecule has 0 aromatic heterocycles. The van der Waals surface area contributed by atoms with Crippen LogP contribution in [-0.4, -0.2) is 33.0 Å². The standard InChI is InChI=1S/C17H17NO4/c1-20-13-10-8-12(9-11-13)18-16(17(19)22-3)14-6-4-5-7-15(14)21-2/h4-11H,1-3H3. The number of ether oxygens (including phenoxy) is 3. The Bertz CT molecular complexity index is 677. The van der Waals surface area contributed by atoms with Crippen molar-refractivity contribution in [3.05, 3.63) is 54.1 Å². The highest BCUT2D eigenvalue weighted by molar-refractivity contribution is 6.44. The summed E-state index contributed by atoms with van der Waals surface area (Å²) in [5.41, 5.74) is 1.38. The first-order valence-corrected chi connectivity index (χ1v) is 6.64. The minimum Gasteiger partial charge on any atom is -0.497 e. The number of methoxy groups -OCH3 is 3. The first kappa shape index (κ1) is 15.6. The first-order valence-electron chi connectivity index (χ1n) is 6.64.